The van der Waals surface area contributed by atoms with Gasteiger partial charge in [0.1, 0.15) is 5.82 Å². The fourth-order valence-electron chi connectivity index (χ4n) is 1.47. The predicted octanol–water partition coefficient (Wildman–Crippen LogP) is 2.63. The first-order valence-corrected chi connectivity index (χ1v) is 7.08. The molecule has 1 unspecified atom stereocenters. The Morgan fingerprint density at radius 3 is 2.48 bits per heavy atom. The average molecular weight is 361 g/mol. The van der Waals surface area contributed by atoms with Crippen molar-refractivity contribution in [3.05, 3.63) is 28.0 Å². The van der Waals surface area contributed by atoms with E-state index in [0.717, 1.165) is 12.1 Å². The van der Waals surface area contributed by atoms with Crippen LogP contribution < -0.4 is 11.1 Å². The van der Waals surface area contributed by atoms with Gasteiger partial charge in [0.25, 0.3) is 5.91 Å². The van der Waals surface area contributed by atoms with E-state index < -0.39 is 29.3 Å². The largest absolute Gasteiger partial charge is 0.449 e. The van der Waals surface area contributed by atoms with Crippen molar-refractivity contribution < 1.29 is 18.7 Å². The van der Waals surface area contributed by atoms with Crippen LogP contribution in [0.3, 0.4) is 0 Å². The van der Waals surface area contributed by atoms with Gasteiger partial charge in [0.15, 0.2) is 6.10 Å². The van der Waals surface area contributed by atoms with Gasteiger partial charge < -0.3 is 15.8 Å². The van der Waals surface area contributed by atoms with Crippen molar-refractivity contribution in [2.45, 2.75) is 39.3 Å². The third kappa shape index (κ3) is 5.00. The highest BCUT2D eigenvalue weighted by molar-refractivity contribution is 9.10. The van der Waals surface area contributed by atoms with Crippen molar-refractivity contribution in [3.63, 3.8) is 0 Å². The first-order valence-electron chi connectivity index (χ1n) is 6.29. The Hall–Kier alpha value is -1.63. The molecule has 0 aliphatic carbocycles. The van der Waals surface area contributed by atoms with Gasteiger partial charge in [-0.15, -0.1) is 0 Å². The molecule has 0 heterocycles. The maximum Gasteiger partial charge on any atom is 0.340 e. The summed E-state index contributed by atoms with van der Waals surface area (Å²) in [7, 11) is 0. The molecule has 0 radical (unpaired) electrons. The number of hydrogen-bond donors (Lipinski definition) is 2. The van der Waals surface area contributed by atoms with Gasteiger partial charge in [-0.25, -0.2) is 9.18 Å². The topological polar surface area (TPSA) is 81.4 Å². The third-order valence-corrected chi connectivity index (χ3v) is 3.11. The summed E-state index contributed by atoms with van der Waals surface area (Å²) in [5.41, 5.74) is 4.88. The number of benzene rings is 1. The van der Waals surface area contributed by atoms with Crippen molar-refractivity contribution >= 4 is 33.5 Å². The standard InChI is InChI=1S/C14H18BrFN2O3/c1-7(12(19)18-14(2,3)4)21-13(20)8-5-11(17)10(16)6-9(8)15/h5-7H,17H2,1-4H3,(H,18,19). The van der Waals surface area contributed by atoms with E-state index in [1.807, 2.05) is 20.8 Å². The summed E-state index contributed by atoms with van der Waals surface area (Å²) in [5, 5.41) is 2.70. The Morgan fingerprint density at radius 2 is 1.95 bits per heavy atom. The van der Waals surface area contributed by atoms with Gasteiger partial charge in [-0.05, 0) is 55.8 Å². The first kappa shape index (κ1) is 17.4. The number of halogens is 2. The molecule has 116 valence electrons. The van der Waals surface area contributed by atoms with Crippen LogP contribution in [0.15, 0.2) is 16.6 Å². The number of rotatable bonds is 3. The molecule has 7 heteroatoms. The van der Waals surface area contributed by atoms with Crippen molar-refractivity contribution in [1.82, 2.24) is 5.32 Å². The highest BCUT2D eigenvalue weighted by Gasteiger charge is 2.24. The lowest BCUT2D eigenvalue weighted by Gasteiger charge is -2.23. The summed E-state index contributed by atoms with van der Waals surface area (Å²) in [5.74, 6) is -1.82. The smallest absolute Gasteiger partial charge is 0.340 e. The second-order valence-corrected chi connectivity index (χ2v) is 6.49. The number of anilines is 1. The number of amides is 1. The summed E-state index contributed by atoms with van der Waals surface area (Å²) < 4.78 is 18.5. The number of nitrogen functional groups attached to an aromatic ring is 1. The molecule has 0 spiro atoms. The minimum atomic E-state index is -0.977. The van der Waals surface area contributed by atoms with E-state index >= 15 is 0 Å². The number of hydrogen-bond acceptors (Lipinski definition) is 4. The summed E-state index contributed by atoms with van der Waals surface area (Å²) in [6, 6.07) is 2.24. The molecule has 0 aliphatic heterocycles. The molecular formula is C14H18BrFN2O3. The number of nitrogens with one attached hydrogen (secondary N) is 1. The monoisotopic (exact) mass is 360 g/mol. The van der Waals surface area contributed by atoms with Gasteiger partial charge in [-0.1, -0.05) is 0 Å². The number of ether oxygens (including phenoxy) is 1. The van der Waals surface area contributed by atoms with Gasteiger partial charge in [0.2, 0.25) is 0 Å². The molecule has 1 amide bonds. The van der Waals surface area contributed by atoms with Crippen molar-refractivity contribution in [2.24, 2.45) is 0 Å². The van der Waals surface area contributed by atoms with Crippen LogP contribution >= 0.6 is 15.9 Å². The second kappa shape index (κ2) is 6.43. The van der Waals surface area contributed by atoms with E-state index in [0.29, 0.717) is 0 Å². The molecule has 5 nitrogen and oxygen atoms in total. The molecule has 0 bridgehead atoms. The number of nitrogens with two attached hydrogens (primary N) is 1. The lowest BCUT2D eigenvalue weighted by Crippen LogP contribution is -2.46. The molecule has 1 rings (SSSR count). The quantitative estimate of drug-likeness (QED) is 0.641. The molecule has 0 aromatic heterocycles. The third-order valence-electron chi connectivity index (χ3n) is 2.46. The lowest BCUT2D eigenvalue weighted by molar-refractivity contribution is -0.130. The van der Waals surface area contributed by atoms with Crippen LogP contribution in [0.4, 0.5) is 10.1 Å². The maximum atomic E-state index is 13.2. The number of carbonyl (C=O) groups is 2. The first-order chi connectivity index (χ1) is 9.51. The summed E-state index contributed by atoms with van der Waals surface area (Å²) in [6.45, 7) is 6.91. The zero-order valence-corrected chi connectivity index (χ0v) is 13.9. The van der Waals surface area contributed by atoms with Crippen molar-refractivity contribution in [3.8, 4) is 0 Å². The van der Waals surface area contributed by atoms with Gasteiger partial charge in [0, 0.05) is 10.0 Å². The minimum Gasteiger partial charge on any atom is -0.449 e. The van der Waals surface area contributed by atoms with Gasteiger partial charge in [0.05, 0.1) is 11.3 Å². The van der Waals surface area contributed by atoms with E-state index in [1.54, 1.807) is 0 Å². The summed E-state index contributed by atoms with van der Waals surface area (Å²) in [4.78, 5) is 23.8. The fraction of sp³-hybridized carbons (Fsp3) is 0.429. The van der Waals surface area contributed by atoms with Crippen LogP contribution in [0.5, 0.6) is 0 Å². The zero-order chi connectivity index (χ0) is 16.4. The SMILES string of the molecule is CC(OC(=O)c1cc(N)c(F)cc1Br)C(=O)NC(C)(C)C. The highest BCUT2D eigenvalue weighted by Crippen LogP contribution is 2.24. The van der Waals surface area contributed by atoms with E-state index in [4.69, 9.17) is 10.5 Å². The van der Waals surface area contributed by atoms with Crippen LogP contribution in [0.25, 0.3) is 0 Å². The molecule has 1 aromatic carbocycles. The molecule has 1 atom stereocenters. The van der Waals surface area contributed by atoms with Crippen LogP contribution in [-0.2, 0) is 9.53 Å². The fourth-order valence-corrected chi connectivity index (χ4v) is 1.95. The van der Waals surface area contributed by atoms with Crippen molar-refractivity contribution in [2.75, 3.05) is 5.73 Å². The van der Waals surface area contributed by atoms with E-state index in [1.165, 1.54) is 6.92 Å². The van der Waals surface area contributed by atoms with E-state index in [2.05, 4.69) is 21.2 Å². The lowest BCUT2D eigenvalue weighted by atomic mass is 10.1. The molecule has 0 fully saturated rings. The molecule has 21 heavy (non-hydrogen) atoms. The zero-order valence-electron chi connectivity index (χ0n) is 12.3. The molecule has 1 aromatic rings. The normalized spacial score (nSPS) is 12.7. The maximum absolute atomic E-state index is 13.2. The van der Waals surface area contributed by atoms with Gasteiger partial charge in [-0.2, -0.15) is 0 Å². The van der Waals surface area contributed by atoms with Gasteiger partial charge >= 0.3 is 5.97 Å². The summed E-state index contributed by atoms with van der Waals surface area (Å²) >= 11 is 3.06. The second-order valence-electron chi connectivity index (χ2n) is 5.64. The highest BCUT2D eigenvalue weighted by atomic mass is 79.9. The molecule has 0 saturated carbocycles. The Kier molecular flexibility index (Phi) is 5.33. The van der Waals surface area contributed by atoms with Crippen LogP contribution in [0.2, 0.25) is 0 Å². The Balaban J connectivity index is 2.82. The minimum absolute atomic E-state index is 0.0595. The average Bonchev–Trinajstić information content (AvgIpc) is 2.31. The Labute approximate surface area is 131 Å². The van der Waals surface area contributed by atoms with Crippen LogP contribution in [0.1, 0.15) is 38.1 Å². The van der Waals surface area contributed by atoms with Crippen molar-refractivity contribution in [1.29, 1.82) is 0 Å². The predicted molar refractivity (Wildman–Crippen MR) is 81.3 cm³/mol. The molecule has 0 saturated heterocycles. The molecule has 3 N–H and O–H groups in total. The van der Waals surface area contributed by atoms with Crippen LogP contribution in [0, 0.1) is 5.82 Å². The molecule has 0 aliphatic rings. The Morgan fingerprint density at radius 1 is 1.38 bits per heavy atom. The van der Waals surface area contributed by atoms with E-state index in [9.17, 15) is 14.0 Å². The summed E-state index contributed by atoms with van der Waals surface area (Å²) in [6.07, 6.45) is -0.977. The van der Waals surface area contributed by atoms with Crippen LogP contribution in [-0.4, -0.2) is 23.5 Å². The molecular weight excluding hydrogens is 343 g/mol. The Bertz CT molecular complexity index is 570. The van der Waals surface area contributed by atoms with E-state index in [-0.39, 0.29) is 15.7 Å². The van der Waals surface area contributed by atoms with Gasteiger partial charge in [-0.3, -0.25) is 4.79 Å². The number of esters is 1. The number of carbonyl (C=O) groups excluding carboxylic acids is 2.